The van der Waals surface area contributed by atoms with Crippen LogP contribution in [0, 0.1) is 5.92 Å². The van der Waals surface area contributed by atoms with E-state index in [-0.39, 0.29) is 5.91 Å². The second-order valence-corrected chi connectivity index (χ2v) is 7.69. The summed E-state index contributed by atoms with van der Waals surface area (Å²) in [6, 6.07) is 13.2. The average molecular weight is 399 g/mol. The first kappa shape index (κ1) is 21.1. The van der Waals surface area contributed by atoms with Crippen molar-refractivity contribution in [3.8, 4) is 11.5 Å². The molecule has 0 bridgehead atoms. The topological polar surface area (TPSA) is 93.8 Å². The van der Waals surface area contributed by atoms with Crippen LogP contribution in [0.3, 0.4) is 0 Å². The Balaban J connectivity index is 1.57. The predicted molar refractivity (Wildman–Crippen MR) is 113 cm³/mol. The molecule has 0 aromatic heterocycles. The van der Waals surface area contributed by atoms with Crippen molar-refractivity contribution in [3.63, 3.8) is 0 Å². The molecule has 2 unspecified atom stereocenters. The summed E-state index contributed by atoms with van der Waals surface area (Å²) in [6.07, 6.45) is 3.11. The molecule has 0 saturated heterocycles. The number of aliphatic hydroxyl groups is 1. The second-order valence-electron chi connectivity index (χ2n) is 7.69. The Bertz CT molecular complexity index is 822. The smallest absolute Gasteiger partial charge is 0.221 e. The molecule has 1 aliphatic carbocycles. The second kappa shape index (κ2) is 9.76. The van der Waals surface area contributed by atoms with Gasteiger partial charge in [-0.15, -0.1) is 0 Å². The molecule has 6 nitrogen and oxygen atoms in total. The monoisotopic (exact) mass is 398 g/mol. The maximum atomic E-state index is 11.1. The third-order valence-corrected chi connectivity index (χ3v) is 5.38. The normalized spacial score (nSPS) is 18.1. The first-order valence-corrected chi connectivity index (χ1v) is 10.1. The summed E-state index contributed by atoms with van der Waals surface area (Å²) >= 11 is 0. The molecule has 0 radical (unpaired) electrons. The van der Waals surface area contributed by atoms with Gasteiger partial charge in [0.1, 0.15) is 17.6 Å². The maximum absolute atomic E-state index is 11.1. The molecule has 3 atom stereocenters. The molecule has 1 aliphatic rings. The zero-order valence-corrected chi connectivity index (χ0v) is 17.1. The number of ether oxygens (including phenoxy) is 2. The number of amides is 1. The molecule has 3 rings (SSSR count). The summed E-state index contributed by atoms with van der Waals surface area (Å²) in [6.45, 7) is 1.46. The van der Waals surface area contributed by atoms with Crippen LogP contribution in [0.15, 0.2) is 42.5 Å². The van der Waals surface area contributed by atoms with Crippen LogP contribution in [0.2, 0.25) is 0 Å². The van der Waals surface area contributed by atoms with Gasteiger partial charge in [0.25, 0.3) is 0 Å². The zero-order valence-electron chi connectivity index (χ0n) is 17.1. The van der Waals surface area contributed by atoms with Gasteiger partial charge >= 0.3 is 0 Å². The van der Waals surface area contributed by atoms with E-state index in [2.05, 4.69) is 17.4 Å². The van der Waals surface area contributed by atoms with Gasteiger partial charge in [0.2, 0.25) is 5.91 Å². The Labute approximate surface area is 172 Å². The van der Waals surface area contributed by atoms with Crippen molar-refractivity contribution in [2.45, 2.75) is 51.4 Å². The third-order valence-electron chi connectivity index (χ3n) is 5.38. The fourth-order valence-electron chi connectivity index (χ4n) is 3.89. The van der Waals surface area contributed by atoms with Crippen molar-refractivity contribution in [3.05, 3.63) is 53.6 Å². The molecule has 0 saturated carbocycles. The predicted octanol–water partition coefficient (Wildman–Crippen LogP) is 3.26. The van der Waals surface area contributed by atoms with Crippen molar-refractivity contribution in [2.24, 2.45) is 11.7 Å². The van der Waals surface area contributed by atoms with E-state index in [1.807, 2.05) is 6.07 Å². The molecule has 0 fully saturated rings. The Morgan fingerprint density at radius 3 is 2.62 bits per heavy atom. The van der Waals surface area contributed by atoms with Crippen molar-refractivity contribution in [1.29, 1.82) is 0 Å². The maximum Gasteiger partial charge on any atom is 0.221 e. The van der Waals surface area contributed by atoms with Crippen LogP contribution in [0.25, 0.3) is 0 Å². The lowest BCUT2D eigenvalue weighted by atomic mass is 9.91. The number of anilines is 1. The van der Waals surface area contributed by atoms with Crippen LogP contribution in [-0.4, -0.2) is 30.5 Å². The number of hydrogen-bond donors (Lipinski definition) is 3. The first-order valence-electron chi connectivity index (χ1n) is 10.1. The van der Waals surface area contributed by atoms with Gasteiger partial charge in [0, 0.05) is 12.6 Å². The quantitative estimate of drug-likeness (QED) is 0.492. The third kappa shape index (κ3) is 5.95. The lowest BCUT2D eigenvalue weighted by Crippen LogP contribution is -2.41. The Hall–Kier alpha value is -2.57. The Kier molecular flexibility index (Phi) is 7.12. The molecular weight excluding hydrogens is 368 g/mol. The van der Waals surface area contributed by atoms with Crippen molar-refractivity contribution in [1.82, 2.24) is 0 Å². The summed E-state index contributed by atoms with van der Waals surface area (Å²) in [5.74, 6) is 1.64. The minimum atomic E-state index is -0.811. The van der Waals surface area contributed by atoms with E-state index < -0.39 is 12.3 Å². The lowest BCUT2D eigenvalue weighted by molar-refractivity contribution is -0.114. The summed E-state index contributed by atoms with van der Waals surface area (Å²) in [7, 11) is 1.68. The van der Waals surface area contributed by atoms with E-state index in [9.17, 15) is 9.90 Å². The summed E-state index contributed by atoms with van der Waals surface area (Å²) in [5.41, 5.74) is 9.45. The fourth-order valence-corrected chi connectivity index (χ4v) is 3.89. The highest BCUT2D eigenvalue weighted by Gasteiger charge is 2.24. The molecule has 0 heterocycles. The van der Waals surface area contributed by atoms with E-state index in [0.29, 0.717) is 23.8 Å². The summed E-state index contributed by atoms with van der Waals surface area (Å²) < 4.78 is 11.1. The molecule has 4 N–H and O–H groups in total. The molecular formula is C23H30N2O4. The molecule has 29 heavy (non-hydrogen) atoms. The molecule has 2 aromatic carbocycles. The van der Waals surface area contributed by atoms with Crippen molar-refractivity contribution in [2.75, 3.05) is 12.4 Å². The van der Waals surface area contributed by atoms with Gasteiger partial charge in [0.15, 0.2) is 6.23 Å². The average Bonchev–Trinajstić information content (AvgIpc) is 2.89. The largest absolute Gasteiger partial charge is 0.497 e. The highest BCUT2D eigenvalue weighted by atomic mass is 16.5. The van der Waals surface area contributed by atoms with E-state index >= 15 is 0 Å². The van der Waals surface area contributed by atoms with Gasteiger partial charge in [-0.2, -0.15) is 0 Å². The van der Waals surface area contributed by atoms with E-state index in [1.54, 1.807) is 31.4 Å². The van der Waals surface area contributed by atoms with Crippen LogP contribution < -0.4 is 20.5 Å². The van der Waals surface area contributed by atoms with Gasteiger partial charge in [-0.05, 0) is 85.5 Å². The molecule has 0 spiro atoms. The Morgan fingerprint density at radius 2 is 1.93 bits per heavy atom. The SMILES string of the molecule is COc1ccc2c(c1)CC(C[C@H](O)C(N)Oc1ccc(NC(C)=O)cc1)CCC2. The van der Waals surface area contributed by atoms with Crippen LogP contribution >= 0.6 is 0 Å². The number of aliphatic hydroxyl groups excluding tert-OH is 1. The summed E-state index contributed by atoms with van der Waals surface area (Å²) in [4.78, 5) is 11.1. The minimum absolute atomic E-state index is 0.131. The molecule has 6 heteroatoms. The number of carbonyl (C=O) groups is 1. The number of carbonyl (C=O) groups excluding carboxylic acids is 1. The molecule has 1 amide bonds. The number of aryl methyl sites for hydroxylation is 1. The highest BCUT2D eigenvalue weighted by molar-refractivity contribution is 5.88. The number of rotatable bonds is 7. The minimum Gasteiger partial charge on any atom is -0.497 e. The number of hydrogen-bond acceptors (Lipinski definition) is 5. The van der Waals surface area contributed by atoms with Gasteiger partial charge in [-0.1, -0.05) is 6.07 Å². The Morgan fingerprint density at radius 1 is 1.21 bits per heavy atom. The van der Waals surface area contributed by atoms with Crippen molar-refractivity contribution < 1.29 is 19.4 Å². The van der Waals surface area contributed by atoms with Crippen LogP contribution in [0.4, 0.5) is 5.69 Å². The number of nitrogens with two attached hydrogens (primary N) is 1. The van der Waals surface area contributed by atoms with E-state index in [1.165, 1.54) is 18.1 Å². The van der Waals surface area contributed by atoms with Gasteiger partial charge < -0.3 is 19.9 Å². The molecule has 2 aromatic rings. The zero-order chi connectivity index (χ0) is 20.8. The van der Waals surface area contributed by atoms with E-state index in [0.717, 1.165) is 31.4 Å². The van der Waals surface area contributed by atoms with Crippen LogP contribution in [0.1, 0.15) is 37.3 Å². The van der Waals surface area contributed by atoms with Crippen LogP contribution in [0.5, 0.6) is 11.5 Å². The standard InChI is InChI=1S/C23H30N2O4/c1-15(26)25-19-7-10-20(11-8-19)29-23(24)22(27)13-16-4-3-5-17-6-9-21(28-2)14-18(17)12-16/h6-11,14,16,22-23,27H,3-5,12-13,24H2,1-2H3,(H,25,26)/t16?,22-,23?/m0/s1. The molecule has 0 aliphatic heterocycles. The van der Waals surface area contributed by atoms with Crippen molar-refractivity contribution >= 4 is 11.6 Å². The van der Waals surface area contributed by atoms with Gasteiger partial charge in [0.05, 0.1) is 7.11 Å². The number of fused-ring (bicyclic) bond motifs is 1. The van der Waals surface area contributed by atoms with Crippen LogP contribution in [-0.2, 0) is 17.6 Å². The van der Waals surface area contributed by atoms with Gasteiger partial charge in [-0.25, -0.2) is 0 Å². The summed E-state index contributed by atoms with van der Waals surface area (Å²) in [5, 5.41) is 13.3. The number of benzene rings is 2. The highest BCUT2D eigenvalue weighted by Crippen LogP contribution is 2.30. The first-order chi connectivity index (χ1) is 13.9. The number of methoxy groups -OCH3 is 1. The van der Waals surface area contributed by atoms with E-state index in [4.69, 9.17) is 15.2 Å². The molecule has 156 valence electrons. The van der Waals surface area contributed by atoms with Gasteiger partial charge in [-0.3, -0.25) is 10.5 Å². The number of nitrogens with one attached hydrogen (secondary N) is 1. The lowest BCUT2D eigenvalue weighted by Gasteiger charge is -2.24. The fraction of sp³-hybridized carbons (Fsp3) is 0.435.